The van der Waals surface area contributed by atoms with Crippen LogP contribution in [0.1, 0.15) is 10.4 Å². The maximum Gasteiger partial charge on any atom is 0.258 e. The van der Waals surface area contributed by atoms with E-state index < -0.39 is 0 Å². The molecule has 25 heavy (non-hydrogen) atoms. The van der Waals surface area contributed by atoms with Gasteiger partial charge in [0.1, 0.15) is 0 Å². The van der Waals surface area contributed by atoms with Crippen molar-refractivity contribution in [3.05, 3.63) is 82.6 Å². The van der Waals surface area contributed by atoms with Crippen LogP contribution in [0.25, 0.3) is 5.69 Å². The average Bonchev–Trinajstić information content (AvgIpc) is 3.11. The molecule has 0 spiro atoms. The van der Waals surface area contributed by atoms with Crippen LogP contribution in [0, 0.1) is 0 Å². The summed E-state index contributed by atoms with van der Waals surface area (Å²) in [6, 6.07) is 16.0. The predicted octanol–water partition coefficient (Wildman–Crippen LogP) is 4.91. The quantitative estimate of drug-likeness (QED) is 0.625. The van der Waals surface area contributed by atoms with E-state index in [2.05, 4.69) is 10.6 Å². The number of thiocarbonyl (C=S) groups is 1. The zero-order valence-corrected chi connectivity index (χ0v) is 15.2. The lowest BCUT2D eigenvalue weighted by atomic mass is 10.2. The average molecular weight is 390 g/mol. The van der Waals surface area contributed by atoms with Gasteiger partial charge in [-0.1, -0.05) is 35.3 Å². The van der Waals surface area contributed by atoms with Crippen LogP contribution in [-0.2, 0) is 0 Å². The molecule has 0 saturated heterocycles. The zero-order valence-electron chi connectivity index (χ0n) is 12.9. The maximum atomic E-state index is 12.2. The first-order chi connectivity index (χ1) is 12.0. The van der Waals surface area contributed by atoms with Crippen molar-refractivity contribution in [2.24, 2.45) is 0 Å². The molecule has 4 nitrogen and oxygen atoms in total. The third kappa shape index (κ3) is 4.20. The summed E-state index contributed by atoms with van der Waals surface area (Å²) >= 11 is 17.5. The molecule has 0 aliphatic carbocycles. The second-order valence-electron chi connectivity index (χ2n) is 5.14. The number of carbonyl (C=O) groups excluding carboxylic acids is 1. The van der Waals surface area contributed by atoms with Crippen LogP contribution in [0.3, 0.4) is 0 Å². The normalized spacial score (nSPS) is 10.3. The van der Waals surface area contributed by atoms with Gasteiger partial charge >= 0.3 is 0 Å². The number of amides is 1. The highest BCUT2D eigenvalue weighted by atomic mass is 35.5. The Bertz CT molecular complexity index is 926. The summed E-state index contributed by atoms with van der Waals surface area (Å²) in [6.45, 7) is 0. The van der Waals surface area contributed by atoms with Gasteiger partial charge in [0.25, 0.3) is 5.91 Å². The Balaban J connectivity index is 1.72. The van der Waals surface area contributed by atoms with E-state index in [1.165, 1.54) is 0 Å². The van der Waals surface area contributed by atoms with Crippen molar-refractivity contribution in [1.29, 1.82) is 0 Å². The number of nitrogens with zero attached hydrogens (tertiary/aromatic N) is 1. The van der Waals surface area contributed by atoms with Crippen molar-refractivity contribution in [1.82, 2.24) is 9.88 Å². The first-order valence-corrected chi connectivity index (χ1v) is 8.51. The monoisotopic (exact) mass is 389 g/mol. The molecule has 0 saturated carbocycles. The highest BCUT2D eigenvalue weighted by Gasteiger charge is 2.12. The van der Waals surface area contributed by atoms with Crippen LogP contribution < -0.4 is 10.6 Å². The lowest BCUT2D eigenvalue weighted by Crippen LogP contribution is -2.34. The van der Waals surface area contributed by atoms with Crippen LogP contribution in [0.4, 0.5) is 5.69 Å². The van der Waals surface area contributed by atoms with Crippen molar-refractivity contribution in [3.63, 3.8) is 0 Å². The molecule has 126 valence electrons. The van der Waals surface area contributed by atoms with Crippen LogP contribution in [-0.4, -0.2) is 15.6 Å². The van der Waals surface area contributed by atoms with Gasteiger partial charge < -0.3 is 9.88 Å². The molecule has 0 atom stereocenters. The van der Waals surface area contributed by atoms with Crippen molar-refractivity contribution < 1.29 is 4.79 Å². The first-order valence-electron chi connectivity index (χ1n) is 7.34. The van der Waals surface area contributed by atoms with Gasteiger partial charge in [0, 0.05) is 18.1 Å². The number of nitrogens with one attached hydrogen (secondary N) is 2. The Kier molecular flexibility index (Phi) is 5.38. The van der Waals surface area contributed by atoms with Crippen molar-refractivity contribution in [3.8, 4) is 5.69 Å². The summed E-state index contributed by atoms with van der Waals surface area (Å²) in [7, 11) is 0. The Labute approximate surface area is 160 Å². The molecule has 0 fully saturated rings. The summed E-state index contributed by atoms with van der Waals surface area (Å²) in [6.07, 6.45) is 3.78. The van der Waals surface area contributed by atoms with E-state index in [0.29, 0.717) is 21.3 Å². The fraction of sp³-hybridized carbons (Fsp3) is 0. The number of rotatable bonds is 3. The smallest absolute Gasteiger partial charge is 0.258 e. The molecule has 1 amide bonds. The van der Waals surface area contributed by atoms with Gasteiger partial charge in [0.15, 0.2) is 5.11 Å². The molecular formula is C18H13Cl2N3OS. The highest BCUT2D eigenvalue weighted by Crippen LogP contribution is 2.24. The fourth-order valence-electron chi connectivity index (χ4n) is 2.26. The first kappa shape index (κ1) is 17.5. The second kappa shape index (κ2) is 7.70. The molecule has 1 aromatic heterocycles. The van der Waals surface area contributed by atoms with Crippen molar-refractivity contribution >= 4 is 52.1 Å². The van der Waals surface area contributed by atoms with Crippen LogP contribution >= 0.6 is 35.4 Å². The molecule has 3 aromatic rings. The van der Waals surface area contributed by atoms with E-state index in [9.17, 15) is 4.79 Å². The third-order valence-electron chi connectivity index (χ3n) is 3.43. The SMILES string of the molecule is O=C(NC(=S)Nc1ccc(Cl)c(-n2cccc2)c1)c1ccccc1Cl. The van der Waals surface area contributed by atoms with Gasteiger partial charge in [-0.2, -0.15) is 0 Å². The molecule has 3 rings (SSSR count). The zero-order chi connectivity index (χ0) is 17.8. The highest BCUT2D eigenvalue weighted by molar-refractivity contribution is 7.80. The van der Waals surface area contributed by atoms with E-state index in [-0.39, 0.29) is 11.0 Å². The Morgan fingerprint density at radius 2 is 1.68 bits per heavy atom. The van der Waals surface area contributed by atoms with Crippen LogP contribution in [0.15, 0.2) is 67.0 Å². The Morgan fingerprint density at radius 3 is 2.40 bits per heavy atom. The van der Waals surface area contributed by atoms with E-state index in [4.69, 9.17) is 35.4 Å². The van der Waals surface area contributed by atoms with Gasteiger partial charge in [-0.3, -0.25) is 10.1 Å². The van der Waals surface area contributed by atoms with Gasteiger partial charge in [-0.25, -0.2) is 0 Å². The molecule has 2 aromatic carbocycles. The number of halogens is 2. The molecule has 0 radical (unpaired) electrons. The molecule has 0 aliphatic heterocycles. The largest absolute Gasteiger partial charge is 0.332 e. The molecular weight excluding hydrogens is 377 g/mol. The van der Waals surface area contributed by atoms with Crippen molar-refractivity contribution in [2.45, 2.75) is 0 Å². The minimum atomic E-state index is -0.373. The number of carbonyl (C=O) groups is 1. The number of aromatic nitrogens is 1. The summed E-state index contributed by atoms with van der Waals surface area (Å²) in [5.41, 5.74) is 1.87. The van der Waals surface area contributed by atoms with Gasteiger partial charge in [0.2, 0.25) is 0 Å². The predicted molar refractivity (Wildman–Crippen MR) is 106 cm³/mol. The number of hydrogen-bond donors (Lipinski definition) is 2. The van der Waals surface area contributed by atoms with E-state index in [0.717, 1.165) is 5.69 Å². The molecule has 0 bridgehead atoms. The second-order valence-corrected chi connectivity index (χ2v) is 6.37. The summed E-state index contributed by atoms with van der Waals surface area (Å²) in [5.74, 6) is -0.373. The lowest BCUT2D eigenvalue weighted by molar-refractivity contribution is 0.0978. The molecule has 1 heterocycles. The van der Waals surface area contributed by atoms with E-state index in [1.807, 2.05) is 35.2 Å². The topological polar surface area (TPSA) is 46.1 Å². The lowest BCUT2D eigenvalue weighted by Gasteiger charge is -2.13. The fourth-order valence-corrected chi connectivity index (χ4v) is 2.91. The van der Waals surface area contributed by atoms with Gasteiger partial charge in [-0.05, 0) is 54.7 Å². The van der Waals surface area contributed by atoms with E-state index >= 15 is 0 Å². The van der Waals surface area contributed by atoms with Gasteiger partial charge in [-0.15, -0.1) is 0 Å². The van der Waals surface area contributed by atoms with Gasteiger partial charge in [0.05, 0.1) is 21.3 Å². The number of hydrogen-bond acceptors (Lipinski definition) is 2. The third-order valence-corrected chi connectivity index (χ3v) is 4.29. The standard InChI is InChI=1S/C18H13Cl2N3OS/c19-14-6-2-1-5-13(14)17(24)22-18(25)21-12-7-8-15(20)16(11-12)23-9-3-4-10-23/h1-11H,(H2,21,22,24,25). The summed E-state index contributed by atoms with van der Waals surface area (Å²) in [5, 5.41) is 6.73. The number of benzene rings is 2. The minimum Gasteiger partial charge on any atom is -0.332 e. The molecule has 2 N–H and O–H groups in total. The minimum absolute atomic E-state index is 0.172. The van der Waals surface area contributed by atoms with Crippen molar-refractivity contribution in [2.75, 3.05) is 5.32 Å². The van der Waals surface area contributed by atoms with Crippen LogP contribution in [0.2, 0.25) is 10.0 Å². The van der Waals surface area contributed by atoms with Crippen LogP contribution in [0.5, 0.6) is 0 Å². The Hall–Kier alpha value is -2.34. The molecule has 0 aliphatic rings. The summed E-state index contributed by atoms with van der Waals surface area (Å²) in [4.78, 5) is 12.2. The molecule has 0 unspecified atom stereocenters. The maximum absolute atomic E-state index is 12.2. The summed E-state index contributed by atoms with van der Waals surface area (Å²) < 4.78 is 1.89. The molecule has 7 heteroatoms. The Morgan fingerprint density at radius 1 is 0.960 bits per heavy atom. The van der Waals surface area contributed by atoms with E-state index in [1.54, 1.807) is 36.4 Å². The number of anilines is 1.